The van der Waals surface area contributed by atoms with E-state index in [4.69, 9.17) is 17.7 Å². The van der Waals surface area contributed by atoms with Crippen LogP contribution in [0.1, 0.15) is 26.2 Å². The largest absolute Gasteiger partial charge is 0.500 e. The van der Waals surface area contributed by atoms with Crippen molar-refractivity contribution < 1.29 is 17.7 Å². The van der Waals surface area contributed by atoms with Gasteiger partial charge in [0.25, 0.3) is 8.48 Å². The van der Waals surface area contributed by atoms with Crippen LogP contribution in [0, 0.1) is 0 Å². The first-order valence-corrected chi connectivity index (χ1v) is 12.1. The minimum Gasteiger partial charge on any atom is -0.403 e. The van der Waals surface area contributed by atoms with Crippen molar-refractivity contribution in [3.05, 3.63) is 0 Å². The van der Waals surface area contributed by atoms with Gasteiger partial charge in [0.05, 0.1) is 0 Å². The summed E-state index contributed by atoms with van der Waals surface area (Å²) in [6.07, 6.45) is 3.52. The summed E-state index contributed by atoms with van der Waals surface area (Å²) < 4.78 is 25.0. The summed E-state index contributed by atoms with van der Waals surface area (Å²) in [6.45, 7) is 7.62. The molecule has 1 saturated heterocycles. The zero-order valence-corrected chi connectivity index (χ0v) is 15.7. The molecule has 0 aromatic heterocycles. The first kappa shape index (κ1) is 18.3. The normalized spacial score (nSPS) is 24.4. The average molecular weight is 322 g/mol. The quantitative estimate of drug-likeness (QED) is 0.456. The Morgan fingerprint density at radius 3 is 2.30 bits per heavy atom. The van der Waals surface area contributed by atoms with Gasteiger partial charge in [0.1, 0.15) is 0 Å². The Hall–Kier alpha value is 0.234. The molecule has 0 spiro atoms. The third kappa shape index (κ3) is 4.62. The highest BCUT2D eigenvalue weighted by Gasteiger charge is 2.41. The fourth-order valence-corrected chi connectivity index (χ4v) is 8.15. The summed E-state index contributed by atoms with van der Waals surface area (Å²) in [5.74, 6) is 0. The van der Waals surface area contributed by atoms with E-state index in [1.165, 1.54) is 19.0 Å². The zero-order chi connectivity index (χ0) is 15.1. The third-order valence-electron chi connectivity index (χ3n) is 4.29. The van der Waals surface area contributed by atoms with Crippen LogP contribution >= 0.6 is 0 Å². The molecule has 0 bridgehead atoms. The SMILES string of the molecule is CCO[Si]1(C)CCCN1CCCC[Si](OC)(OC)OC. The van der Waals surface area contributed by atoms with E-state index in [1.807, 2.05) is 0 Å². The van der Waals surface area contributed by atoms with E-state index in [1.54, 1.807) is 21.3 Å². The number of hydrogen-bond acceptors (Lipinski definition) is 5. The zero-order valence-electron chi connectivity index (χ0n) is 13.7. The van der Waals surface area contributed by atoms with Gasteiger partial charge in [0, 0.05) is 34.0 Å². The van der Waals surface area contributed by atoms with Crippen LogP contribution in [0.3, 0.4) is 0 Å². The van der Waals surface area contributed by atoms with E-state index in [0.29, 0.717) is 0 Å². The topological polar surface area (TPSA) is 40.2 Å². The lowest BCUT2D eigenvalue weighted by Crippen LogP contribution is -2.49. The Labute approximate surface area is 126 Å². The number of rotatable bonds is 10. The monoisotopic (exact) mass is 321 g/mol. The Balaban J connectivity index is 2.33. The maximum Gasteiger partial charge on any atom is 0.500 e. The predicted molar refractivity (Wildman–Crippen MR) is 85.1 cm³/mol. The van der Waals surface area contributed by atoms with Gasteiger partial charge in [-0.25, -0.2) is 0 Å². The van der Waals surface area contributed by atoms with Gasteiger partial charge >= 0.3 is 8.80 Å². The Morgan fingerprint density at radius 1 is 1.10 bits per heavy atom. The molecule has 1 heterocycles. The molecule has 5 nitrogen and oxygen atoms in total. The molecule has 0 aromatic carbocycles. The summed E-state index contributed by atoms with van der Waals surface area (Å²) in [6, 6.07) is 2.16. The number of nitrogens with zero attached hydrogens (tertiary/aromatic N) is 1. The molecule has 1 unspecified atom stereocenters. The van der Waals surface area contributed by atoms with Crippen molar-refractivity contribution in [3.63, 3.8) is 0 Å². The van der Waals surface area contributed by atoms with Gasteiger partial charge in [-0.1, -0.05) is 0 Å². The highest BCUT2D eigenvalue weighted by molar-refractivity contribution is 6.70. The molecule has 20 heavy (non-hydrogen) atoms. The van der Waals surface area contributed by atoms with Gasteiger partial charge < -0.3 is 22.3 Å². The third-order valence-corrected chi connectivity index (χ3v) is 11.1. The second-order valence-corrected chi connectivity index (χ2v) is 12.3. The minimum atomic E-state index is -2.38. The van der Waals surface area contributed by atoms with E-state index in [-0.39, 0.29) is 0 Å². The second-order valence-electron chi connectivity index (χ2n) is 5.45. The molecule has 1 aliphatic heterocycles. The molecular weight excluding hydrogens is 290 g/mol. The van der Waals surface area contributed by atoms with E-state index in [2.05, 4.69) is 18.0 Å². The summed E-state index contributed by atoms with van der Waals surface area (Å²) in [5, 5.41) is 0. The number of unbranched alkanes of at least 4 members (excludes halogenated alkanes) is 1. The van der Waals surface area contributed by atoms with Crippen molar-refractivity contribution in [1.82, 2.24) is 4.57 Å². The van der Waals surface area contributed by atoms with Gasteiger partial charge in [-0.3, -0.25) is 0 Å². The van der Waals surface area contributed by atoms with Crippen LogP contribution in [0.15, 0.2) is 0 Å². The number of hydrogen-bond donors (Lipinski definition) is 0. The van der Waals surface area contributed by atoms with Crippen molar-refractivity contribution in [1.29, 1.82) is 0 Å². The lowest BCUT2D eigenvalue weighted by molar-refractivity contribution is 0.122. The highest BCUT2D eigenvalue weighted by Crippen LogP contribution is 2.27. The summed E-state index contributed by atoms with van der Waals surface area (Å²) in [4.78, 5) is 0. The molecule has 1 fully saturated rings. The van der Waals surface area contributed by atoms with E-state index >= 15 is 0 Å². The summed E-state index contributed by atoms with van der Waals surface area (Å²) in [7, 11) is 1.07. The van der Waals surface area contributed by atoms with Crippen LogP contribution in [-0.2, 0) is 17.7 Å². The molecular formula is C13H31NO4Si2. The van der Waals surface area contributed by atoms with Crippen molar-refractivity contribution in [2.75, 3.05) is 41.0 Å². The maximum absolute atomic E-state index is 6.06. The highest BCUT2D eigenvalue weighted by atomic mass is 28.4. The first-order chi connectivity index (χ1) is 9.55. The molecule has 0 aromatic rings. The summed E-state index contributed by atoms with van der Waals surface area (Å²) in [5.41, 5.74) is 0. The minimum absolute atomic E-state index is 0.840. The predicted octanol–water partition coefficient (Wildman–Crippen LogP) is 2.46. The standard InChI is InChI=1S/C13H31NO4Si2/c1-6-18-19(5)12-9-11-14(19)10-7-8-13-20(15-2,16-3)17-4/h6-13H2,1-5H3. The van der Waals surface area contributed by atoms with Gasteiger partial charge in [-0.15, -0.1) is 0 Å². The van der Waals surface area contributed by atoms with Gasteiger partial charge in [0.15, 0.2) is 0 Å². The molecule has 1 aliphatic rings. The Morgan fingerprint density at radius 2 is 1.75 bits per heavy atom. The van der Waals surface area contributed by atoms with Crippen LogP contribution in [0.5, 0.6) is 0 Å². The van der Waals surface area contributed by atoms with Gasteiger partial charge in [0.2, 0.25) is 0 Å². The van der Waals surface area contributed by atoms with E-state index in [9.17, 15) is 0 Å². The molecule has 1 atom stereocenters. The van der Waals surface area contributed by atoms with Crippen molar-refractivity contribution in [2.24, 2.45) is 0 Å². The fraction of sp³-hybridized carbons (Fsp3) is 1.00. The van der Waals surface area contributed by atoms with Crippen molar-refractivity contribution >= 4 is 17.3 Å². The van der Waals surface area contributed by atoms with Crippen LogP contribution in [-0.4, -0.2) is 62.9 Å². The van der Waals surface area contributed by atoms with Crippen LogP contribution < -0.4 is 0 Å². The maximum atomic E-state index is 6.06. The smallest absolute Gasteiger partial charge is 0.403 e. The van der Waals surface area contributed by atoms with Crippen LogP contribution in [0.4, 0.5) is 0 Å². The van der Waals surface area contributed by atoms with Gasteiger partial charge in [-0.2, -0.15) is 0 Å². The lowest BCUT2D eigenvalue weighted by atomic mass is 10.3. The molecule has 0 saturated carbocycles. The molecule has 7 heteroatoms. The second kappa shape index (κ2) is 8.62. The van der Waals surface area contributed by atoms with Gasteiger partial charge in [-0.05, 0) is 51.9 Å². The average Bonchev–Trinajstić information content (AvgIpc) is 2.81. The first-order valence-electron chi connectivity index (χ1n) is 7.60. The molecule has 120 valence electrons. The molecule has 1 rings (SSSR count). The lowest BCUT2D eigenvalue weighted by Gasteiger charge is -2.32. The fourth-order valence-electron chi connectivity index (χ4n) is 3.02. The molecule has 0 amide bonds. The van der Waals surface area contributed by atoms with E-state index < -0.39 is 17.3 Å². The van der Waals surface area contributed by atoms with Crippen LogP contribution in [0.2, 0.25) is 18.6 Å². The van der Waals surface area contributed by atoms with E-state index in [0.717, 1.165) is 32.0 Å². The molecule has 0 N–H and O–H groups in total. The molecule has 0 radical (unpaired) electrons. The van der Waals surface area contributed by atoms with Crippen molar-refractivity contribution in [3.8, 4) is 0 Å². The Bertz CT molecular complexity index is 271. The summed E-state index contributed by atoms with van der Waals surface area (Å²) >= 11 is 0. The van der Waals surface area contributed by atoms with Crippen LogP contribution in [0.25, 0.3) is 0 Å². The molecule has 0 aliphatic carbocycles. The Kier molecular flexibility index (Phi) is 7.88. The van der Waals surface area contributed by atoms with Crippen molar-refractivity contribution in [2.45, 2.75) is 44.8 Å².